The SMILES string of the molecule is Cc1cnc(CN2CCC(O)CC(C)(C)C2)cn1. The normalized spacial score (nSPS) is 24.8. The van der Waals surface area contributed by atoms with Crippen LogP contribution in [0.4, 0.5) is 0 Å². The lowest BCUT2D eigenvalue weighted by atomic mass is 9.87. The van der Waals surface area contributed by atoms with Crippen molar-refractivity contribution in [2.45, 2.75) is 46.3 Å². The van der Waals surface area contributed by atoms with E-state index in [2.05, 4.69) is 28.7 Å². The zero-order chi connectivity index (χ0) is 13.2. The summed E-state index contributed by atoms with van der Waals surface area (Å²) in [5.41, 5.74) is 2.12. The van der Waals surface area contributed by atoms with Crippen molar-refractivity contribution in [3.05, 3.63) is 23.8 Å². The maximum absolute atomic E-state index is 9.89. The number of aryl methyl sites for hydroxylation is 1. The second kappa shape index (κ2) is 5.33. The number of rotatable bonds is 2. The van der Waals surface area contributed by atoms with Crippen LogP contribution in [0.2, 0.25) is 0 Å². The van der Waals surface area contributed by atoms with E-state index in [1.54, 1.807) is 0 Å². The Morgan fingerprint density at radius 1 is 1.39 bits per heavy atom. The fraction of sp³-hybridized carbons (Fsp3) is 0.714. The van der Waals surface area contributed by atoms with Crippen LogP contribution >= 0.6 is 0 Å². The summed E-state index contributed by atoms with van der Waals surface area (Å²) in [6, 6.07) is 0. The Hall–Kier alpha value is -1.00. The molecule has 1 unspecified atom stereocenters. The fourth-order valence-electron chi connectivity index (χ4n) is 2.69. The van der Waals surface area contributed by atoms with E-state index < -0.39 is 0 Å². The van der Waals surface area contributed by atoms with Gasteiger partial charge >= 0.3 is 0 Å². The highest BCUT2D eigenvalue weighted by atomic mass is 16.3. The molecule has 1 aliphatic rings. The standard InChI is InChI=1S/C14H23N3O/c1-11-7-16-12(8-15-11)9-17-5-4-13(18)6-14(2,3)10-17/h7-8,13,18H,4-6,9-10H2,1-3H3. The highest BCUT2D eigenvalue weighted by Gasteiger charge is 2.29. The van der Waals surface area contributed by atoms with E-state index in [9.17, 15) is 5.11 Å². The molecule has 1 fully saturated rings. The summed E-state index contributed by atoms with van der Waals surface area (Å²) in [6.07, 6.45) is 5.22. The summed E-state index contributed by atoms with van der Waals surface area (Å²) in [5.74, 6) is 0. The lowest BCUT2D eigenvalue weighted by Gasteiger charge is -2.29. The molecule has 0 bridgehead atoms. The number of aliphatic hydroxyl groups is 1. The van der Waals surface area contributed by atoms with Gasteiger partial charge in [-0.3, -0.25) is 14.9 Å². The Morgan fingerprint density at radius 3 is 2.83 bits per heavy atom. The van der Waals surface area contributed by atoms with Crippen molar-refractivity contribution in [2.24, 2.45) is 5.41 Å². The first-order valence-corrected chi connectivity index (χ1v) is 6.63. The van der Waals surface area contributed by atoms with E-state index in [0.29, 0.717) is 0 Å². The first-order chi connectivity index (χ1) is 8.44. The van der Waals surface area contributed by atoms with Gasteiger partial charge in [-0.1, -0.05) is 13.8 Å². The van der Waals surface area contributed by atoms with Gasteiger partial charge in [-0.2, -0.15) is 0 Å². The van der Waals surface area contributed by atoms with E-state index in [0.717, 1.165) is 43.9 Å². The summed E-state index contributed by atoms with van der Waals surface area (Å²) >= 11 is 0. The molecular formula is C14H23N3O. The molecule has 4 nitrogen and oxygen atoms in total. The van der Waals surface area contributed by atoms with Gasteiger partial charge in [0.25, 0.3) is 0 Å². The number of hydrogen-bond donors (Lipinski definition) is 1. The molecule has 100 valence electrons. The minimum atomic E-state index is -0.172. The molecule has 0 spiro atoms. The van der Waals surface area contributed by atoms with E-state index in [1.807, 2.05) is 19.3 Å². The molecule has 1 atom stereocenters. The van der Waals surface area contributed by atoms with Crippen LogP contribution in [0, 0.1) is 12.3 Å². The Bertz CT molecular complexity index is 389. The molecule has 0 aromatic carbocycles. The average Bonchev–Trinajstić information content (AvgIpc) is 2.40. The number of hydrogen-bond acceptors (Lipinski definition) is 4. The molecule has 1 aliphatic heterocycles. The van der Waals surface area contributed by atoms with Crippen LogP contribution in [0.5, 0.6) is 0 Å². The fourth-order valence-corrected chi connectivity index (χ4v) is 2.69. The lowest BCUT2D eigenvalue weighted by Crippen LogP contribution is -2.32. The van der Waals surface area contributed by atoms with Gasteiger partial charge in [0.1, 0.15) is 0 Å². The van der Waals surface area contributed by atoms with E-state index >= 15 is 0 Å². The molecule has 0 aliphatic carbocycles. The molecular weight excluding hydrogens is 226 g/mol. The Kier molecular flexibility index (Phi) is 3.97. The smallest absolute Gasteiger partial charge is 0.0727 e. The molecule has 0 amide bonds. The molecule has 0 radical (unpaired) electrons. The van der Waals surface area contributed by atoms with Gasteiger partial charge in [-0.15, -0.1) is 0 Å². The minimum absolute atomic E-state index is 0.161. The molecule has 2 heterocycles. The Balaban J connectivity index is 2.02. The highest BCUT2D eigenvalue weighted by Crippen LogP contribution is 2.28. The maximum Gasteiger partial charge on any atom is 0.0727 e. The van der Waals surface area contributed by atoms with Gasteiger partial charge in [0.2, 0.25) is 0 Å². The molecule has 1 aromatic rings. The van der Waals surface area contributed by atoms with Gasteiger partial charge < -0.3 is 5.11 Å². The third-order valence-electron chi connectivity index (χ3n) is 3.44. The van der Waals surface area contributed by atoms with Crippen LogP contribution in [0.3, 0.4) is 0 Å². The number of nitrogens with zero attached hydrogens (tertiary/aromatic N) is 3. The highest BCUT2D eigenvalue weighted by molar-refractivity contribution is 5.01. The van der Waals surface area contributed by atoms with Gasteiger partial charge in [-0.05, 0) is 25.2 Å². The molecule has 18 heavy (non-hydrogen) atoms. The summed E-state index contributed by atoms with van der Waals surface area (Å²) < 4.78 is 0. The monoisotopic (exact) mass is 249 g/mol. The topological polar surface area (TPSA) is 49.2 Å². The number of likely N-dealkylation sites (tertiary alicyclic amines) is 1. The molecule has 1 N–H and O–H groups in total. The molecule has 0 saturated carbocycles. The number of aromatic nitrogens is 2. The molecule has 2 rings (SSSR count). The zero-order valence-corrected chi connectivity index (χ0v) is 11.6. The summed E-state index contributed by atoms with van der Waals surface area (Å²) in [5, 5.41) is 9.89. The first kappa shape index (κ1) is 13.4. The maximum atomic E-state index is 9.89. The van der Waals surface area contributed by atoms with Gasteiger partial charge in [0, 0.05) is 32.0 Å². The third-order valence-corrected chi connectivity index (χ3v) is 3.44. The summed E-state index contributed by atoms with van der Waals surface area (Å²) in [6.45, 7) is 9.14. The van der Waals surface area contributed by atoms with Crippen molar-refractivity contribution in [2.75, 3.05) is 13.1 Å². The molecule has 4 heteroatoms. The minimum Gasteiger partial charge on any atom is -0.393 e. The van der Waals surface area contributed by atoms with Crippen LogP contribution in [-0.2, 0) is 6.54 Å². The first-order valence-electron chi connectivity index (χ1n) is 6.63. The van der Waals surface area contributed by atoms with E-state index in [-0.39, 0.29) is 11.5 Å². The largest absolute Gasteiger partial charge is 0.393 e. The van der Waals surface area contributed by atoms with Crippen LogP contribution in [-0.4, -0.2) is 39.2 Å². The second-order valence-corrected chi connectivity index (χ2v) is 6.17. The quantitative estimate of drug-likeness (QED) is 0.868. The van der Waals surface area contributed by atoms with Crippen molar-refractivity contribution >= 4 is 0 Å². The predicted molar refractivity (Wildman–Crippen MR) is 71.1 cm³/mol. The van der Waals surface area contributed by atoms with Crippen LogP contribution in [0.25, 0.3) is 0 Å². The van der Waals surface area contributed by atoms with E-state index in [1.165, 1.54) is 0 Å². The van der Waals surface area contributed by atoms with Crippen molar-refractivity contribution < 1.29 is 5.11 Å². The summed E-state index contributed by atoms with van der Waals surface area (Å²) in [4.78, 5) is 11.1. The Labute approximate surface area is 109 Å². The van der Waals surface area contributed by atoms with Crippen molar-refractivity contribution in [3.63, 3.8) is 0 Å². The van der Waals surface area contributed by atoms with Crippen molar-refractivity contribution in [3.8, 4) is 0 Å². The van der Waals surface area contributed by atoms with Crippen LogP contribution < -0.4 is 0 Å². The van der Waals surface area contributed by atoms with Crippen molar-refractivity contribution in [1.82, 2.24) is 14.9 Å². The van der Waals surface area contributed by atoms with E-state index in [4.69, 9.17) is 0 Å². The lowest BCUT2D eigenvalue weighted by molar-refractivity contribution is 0.121. The Morgan fingerprint density at radius 2 is 2.17 bits per heavy atom. The predicted octanol–water partition coefficient (Wildman–Crippen LogP) is 1.77. The molecule has 1 aromatic heterocycles. The summed E-state index contributed by atoms with van der Waals surface area (Å²) in [7, 11) is 0. The zero-order valence-electron chi connectivity index (χ0n) is 11.6. The van der Waals surface area contributed by atoms with Crippen molar-refractivity contribution in [1.29, 1.82) is 0 Å². The third kappa shape index (κ3) is 3.75. The molecule has 1 saturated heterocycles. The van der Waals surface area contributed by atoms with Crippen LogP contribution in [0.15, 0.2) is 12.4 Å². The average molecular weight is 249 g/mol. The van der Waals surface area contributed by atoms with Gasteiger partial charge in [-0.25, -0.2) is 0 Å². The van der Waals surface area contributed by atoms with Gasteiger partial charge in [0.15, 0.2) is 0 Å². The number of aliphatic hydroxyl groups excluding tert-OH is 1. The second-order valence-electron chi connectivity index (χ2n) is 6.17. The van der Waals surface area contributed by atoms with Gasteiger partial charge in [0.05, 0.1) is 17.5 Å². The van der Waals surface area contributed by atoms with Crippen LogP contribution in [0.1, 0.15) is 38.1 Å².